The molecular weight excluding hydrogens is 224 g/mol. The van der Waals surface area contributed by atoms with E-state index in [1.807, 2.05) is 0 Å². The zero-order valence-corrected chi connectivity index (χ0v) is 11.0. The van der Waals surface area contributed by atoms with Crippen LogP contribution in [0.5, 0.6) is 0 Å². The molecule has 3 heteroatoms. The molecule has 1 saturated heterocycles. The van der Waals surface area contributed by atoms with Crippen LogP contribution in [0.2, 0.25) is 0 Å². The zero-order valence-electron chi connectivity index (χ0n) is 11.0. The molecule has 1 unspecified atom stereocenters. The second-order valence-corrected chi connectivity index (χ2v) is 5.45. The normalized spacial score (nSPS) is 25.9. The highest BCUT2D eigenvalue weighted by Gasteiger charge is 2.27. The van der Waals surface area contributed by atoms with E-state index in [0.29, 0.717) is 0 Å². The van der Waals surface area contributed by atoms with Gasteiger partial charge in [0.15, 0.2) is 0 Å². The lowest BCUT2D eigenvalue weighted by Gasteiger charge is -2.27. The quantitative estimate of drug-likeness (QED) is 0.853. The van der Waals surface area contributed by atoms with Gasteiger partial charge in [-0.3, -0.25) is 4.90 Å². The van der Waals surface area contributed by atoms with Crippen LogP contribution < -0.4 is 5.73 Å². The molecule has 0 bridgehead atoms. The summed E-state index contributed by atoms with van der Waals surface area (Å²) in [6.07, 6.45) is 3.87. The number of hydrogen-bond acceptors (Lipinski definition) is 3. The Morgan fingerprint density at radius 1 is 1.17 bits per heavy atom. The maximum absolute atomic E-state index is 9.08. The maximum atomic E-state index is 9.08. The fourth-order valence-electron chi connectivity index (χ4n) is 2.74. The first-order chi connectivity index (χ1) is 8.72. The van der Waals surface area contributed by atoms with Gasteiger partial charge in [-0.1, -0.05) is 30.3 Å². The van der Waals surface area contributed by atoms with Gasteiger partial charge in [-0.2, -0.15) is 0 Å². The number of nitrogens with two attached hydrogens (primary N) is 1. The van der Waals surface area contributed by atoms with Gasteiger partial charge in [0.25, 0.3) is 0 Å². The minimum atomic E-state index is -0.153. The molecule has 0 aromatic heterocycles. The average Bonchev–Trinajstić information content (AvgIpc) is 2.54. The SMILES string of the molecule is NC1(CCO)CCCN(Cc2ccccc2)CC1. The van der Waals surface area contributed by atoms with Crippen LogP contribution in [-0.2, 0) is 6.54 Å². The van der Waals surface area contributed by atoms with Crippen LogP contribution in [0, 0.1) is 0 Å². The molecule has 1 aliphatic heterocycles. The van der Waals surface area contributed by atoms with Crippen molar-refractivity contribution in [3.05, 3.63) is 35.9 Å². The number of hydrogen-bond donors (Lipinski definition) is 2. The molecule has 3 N–H and O–H groups in total. The summed E-state index contributed by atoms with van der Waals surface area (Å²) in [7, 11) is 0. The molecule has 1 aromatic rings. The van der Waals surface area contributed by atoms with E-state index in [2.05, 4.69) is 35.2 Å². The van der Waals surface area contributed by atoms with Crippen molar-refractivity contribution in [2.24, 2.45) is 5.73 Å². The predicted octanol–water partition coefficient (Wildman–Crippen LogP) is 1.75. The van der Waals surface area contributed by atoms with Crippen molar-refractivity contribution in [1.29, 1.82) is 0 Å². The monoisotopic (exact) mass is 248 g/mol. The molecule has 100 valence electrons. The summed E-state index contributed by atoms with van der Waals surface area (Å²) in [6, 6.07) is 10.6. The number of benzene rings is 1. The second kappa shape index (κ2) is 6.32. The Hall–Kier alpha value is -0.900. The minimum absolute atomic E-state index is 0.153. The van der Waals surface area contributed by atoms with Gasteiger partial charge in [-0.05, 0) is 37.8 Å². The van der Waals surface area contributed by atoms with Crippen molar-refractivity contribution in [2.75, 3.05) is 19.7 Å². The van der Waals surface area contributed by atoms with E-state index in [4.69, 9.17) is 10.8 Å². The third-order valence-electron chi connectivity index (χ3n) is 3.93. The van der Waals surface area contributed by atoms with E-state index >= 15 is 0 Å². The van der Waals surface area contributed by atoms with Crippen molar-refractivity contribution in [3.63, 3.8) is 0 Å². The highest BCUT2D eigenvalue weighted by molar-refractivity contribution is 5.14. The summed E-state index contributed by atoms with van der Waals surface area (Å²) in [6.45, 7) is 3.36. The topological polar surface area (TPSA) is 49.5 Å². The lowest BCUT2D eigenvalue weighted by atomic mass is 9.89. The van der Waals surface area contributed by atoms with Gasteiger partial charge in [0.1, 0.15) is 0 Å². The van der Waals surface area contributed by atoms with Crippen molar-refractivity contribution in [1.82, 2.24) is 4.90 Å². The molecule has 0 saturated carbocycles. The molecule has 1 fully saturated rings. The van der Waals surface area contributed by atoms with Crippen molar-refractivity contribution in [2.45, 2.75) is 37.8 Å². The molecule has 1 heterocycles. The molecule has 1 aliphatic rings. The van der Waals surface area contributed by atoms with Gasteiger partial charge < -0.3 is 10.8 Å². The molecule has 3 nitrogen and oxygen atoms in total. The van der Waals surface area contributed by atoms with Crippen molar-refractivity contribution >= 4 is 0 Å². The Labute approximate surface area is 110 Å². The number of nitrogens with zero attached hydrogens (tertiary/aromatic N) is 1. The summed E-state index contributed by atoms with van der Waals surface area (Å²) in [5, 5.41) is 9.08. The highest BCUT2D eigenvalue weighted by Crippen LogP contribution is 2.23. The summed E-state index contributed by atoms with van der Waals surface area (Å²) in [4.78, 5) is 2.47. The van der Waals surface area contributed by atoms with Crippen LogP contribution >= 0.6 is 0 Å². The largest absolute Gasteiger partial charge is 0.396 e. The molecule has 18 heavy (non-hydrogen) atoms. The van der Waals surface area contributed by atoms with Crippen LogP contribution in [0.1, 0.15) is 31.2 Å². The van der Waals surface area contributed by atoms with E-state index in [1.54, 1.807) is 0 Å². The Morgan fingerprint density at radius 3 is 2.67 bits per heavy atom. The van der Waals surface area contributed by atoms with Crippen molar-refractivity contribution < 1.29 is 5.11 Å². The highest BCUT2D eigenvalue weighted by atomic mass is 16.3. The Bertz CT molecular complexity index is 355. The van der Waals surface area contributed by atoms with E-state index in [-0.39, 0.29) is 12.1 Å². The smallest absolute Gasteiger partial charge is 0.0448 e. The Morgan fingerprint density at radius 2 is 1.94 bits per heavy atom. The number of aliphatic hydroxyl groups excluding tert-OH is 1. The molecule has 0 spiro atoms. The van der Waals surface area contributed by atoms with Gasteiger partial charge in [0.05, 0.1) is 0 Å². The molecule has 1 atom stereocenters. The fraction of sp³-hybridized carbons (Fsp3) is 0.600. The summed E-state index contributed by atoms with van der Waals surface area (Å²) in [5.41, 5.74) is 7.55. The summed E-state index contributed by atoms with van der Waals surface area (Å²) >= 11 is 0. The average molecular weight is 248 g/mol. The van der Waals surface area contributed by atoms with Crippen molar-refractivity contribution in [3.8, 4) is 0 Å². The third kappa shape index (κ3) is 3.80. The van der Waals surface area contributed by atoms with Crippen LogP contribution in [0.25, 0.3) is 0 Å². The first-order valence-corrected chi connectivity index (χ1v) is 6.88. The standard InChI is InChI=1S/C15H24N2O/c16-15(9-12-18)7-4-10-17(11-8-15)13-14-5-2-1-3-6-14/h1-3,5-6,18H,4,7-13,16H2. The van der Waals surface area contributed by atoms with E-state index in [0.717, 1.165) is 45.3 Å². The van der Waals surface area contributed by atoms with E-state index in [1.165, 1.54) is 5.56 Å². The van der Waals surface area contributed by atoms with Crippen LogP contribution in [0.4, 0.5) is 0 Å². The fourth-order valence-corrected chi connectivity index (χ4v) is 2.74. The number of likely N-dealkylation sites (tertiary alicyclic amines) is 1. The van der Waals surface area contributed by atoms with Gasteiger partial charge in [-0.25, -0.2) is 0 Å². The zero-order chi connectivity index (χ0) is 12.8. The Balaban J connectivity index is 1.89. The van der Waals surface area contributed by atoms with Crippen LogP contribution in [0.3, 0.4) is 0 Å². The lowest BCUT2D eigenvalue weighted by Crippen LogP contribution is -2.41. The third-order valence-corrected chi connectivity index (χ3v) is 3.93. The summed E-state index contributed by atoms with van der Waals surface area (Å²) in [5.74, 6) is 0. The molecule has 0 amide bonds. The lowest BCUT2D eigenvalue weighted by molar-refractivity contribution is 0.218. The first kappa shape index (κ1) is 13.5. The van der Waals surface area contributed by atoms with Crippen LogP contribution in [-0.4, -0.2) is 35.2 Å². The predicted molar refractivity (Wildman–Crippen MR) is 74.2 cm³/mol. The van der Waals surface area contributed by atoms with E-state index < -0.39 is 0 Å². The molecule has 0 radical (unpaired) electrons. The Kier molecular flexibility index (Phi) is 4.75. The van der Waals surface area contributed by atoms with Gasteiger partial charge >= 0.3 is 0 Å². The van der Waals surface area contributed by atoms with Crippen LogP contribution in [0.15, 0.2) is 30.3 Å². The minimum Gasteiger partial charge on any atom is -0.396 e. The van der Waals surface area contributed by atoms with Gasteiger partial charge in [-0.15, -0.1) is 0 Å². The molecule has 1 aromatic carbocycles. The maximum Gasteiger partial charge on any atom is 0.0448 e. The molecule has 2 rings (SSSR count). The molecular formula is C15H24N2O. The summed E-state index contributed by atoms with van der Waals surface area (Å²) < 4.78 is 0. The first-order valence-electron chi connectivity index (χ1n) is 6.88. The number of aliphatic hydroxyl groups is 1. The molecule has 0 aliphatic carbocycles. The van der Waals surface area contributed by atoms with E-state index in [9.17, 15) is 0 Å². The van der Waals surface area contributed by atoms with Gasteiger partial charge in [0.2, 0.25) is 0 Å². The van der Waals surface area contributed by atoms with Gasteiger partial charge in [0, 0.05) is 25.2 Å². The second-order valence-electron chi connectivity index (χ2n) is 5.45. The number of rotatable bonds is 4.